The predicted molar refractivity (Wildman–Crippen MR) is 206 cm³/mol. The van der Waals surface area contributed by atoms with Crippen molar-refractivity contribution < 1.29 is 41.0 Å². The van der Waals surface area contributed by atoms with E-state index in [1.807, 2.05) is 0 Å². The van der Waals surface area contributed by atoms with E-state index in [1.54, 1.807) is 53.4 Å². The Bertz CT molecular complexity index is 2300. The molecule has 5 N–H and O–H groups in total. The molecule has 2 heterocycles. The van der Waals surface area contributed by atoms with E-state index in [1.165, 1.54) is 23.1 Å². The average Bonchev–Trinajstić information content (AvgIpc) is 3.21. The van der Waals surface area contributed by atoms with Gasteiger partial charge in [0.1, 0.15) is 24.0 Å². The summed E-state index contributed by atoms with van der Waals surface area (Å²) in [5.41, 5.74) is 6.76. The van der Waals surface area contributed by atoms with Gasteiger partial charge in [0, 0.05) is 68.9 Å². The highest BCUT2D eigenvalue weighted by atomic mass is 19.4. The van der Waals surface area contributed by atoms with E-state index < -0.39 is 29.3 Å². The van der Waals surface area contributed by atoms with Crippen molar-refractivity contribution in [3.63, 3.8) is 0 Å². The zero-order valence-corrected chi connectivity index (χ0v) is 31.3. The summed E-state index contributed by atoms with van der Waals surface area (Å²) in [4.78, 5) is 41.5. The number of fused-ring (bicyclic) bond motifs is 1. The Morgan fingerprint density at radius 1 is 0.828 bits per heavy atom. The summed E-state index contributed by atoms with van der Waals surface area (Å²) >= 11 is 0. The molecule has 1 aliphatic rings. The number of aromatic amines is 1. The van der Waals surface area contributed by atoms with Crippen LogP contribution in [0.1, 0.15) is 38.3 Å². The van der Waals surface area contributed by atoms with Crippen LogP contribution < -0.4 is 26.7 Å². The number of nitrogen functional groups attached to an aromatic ring is 1. The predicted octanol–water partition coefficient (Wildman–Crippen LogP) is 4.65. The van der Waals surface area contributed by atoms with Crippen LogP contribution in [0.2, 0.25) is 0 Å². The van der Waals surface area contributed by atoms with Gasteiger partial charge in [0.2, 0.25) is 5.91 Å². The third kappa shape index (κ3) is 10.7. The third-order valence-electron chi connectivity index (χ3n) is 9.58. The van der Waals surface area contributed by atoms with Gasteiger partial charge >= 0.3 is 6.18 Å². The Morgan fingerprint density at radius 2 is 1.52 bits per heavy atom. The van der Waals surface area contributed by atoms with Gasteiger partial charge in [0.05, 0.1) is 42.0 Å². The molecule has 306 valence electrons. The van der Waals surface area contributed by atoms with E-state index in [2.05, 4.69) is 20.8 Å². The van der Waals surface area contributed by atoms with Gasteiger partial charge in [0.15, 0.2) is 0 Å². The Labute approximate surface area is 330 Å². The van der Waals surface area contributed by atoms with Gasteiger partial charge in [-0.2, -0.15) is 18.3 Å². The summed E-state index contributed by atoms with van der Waals surface area (Å²) in [5.74, 6) is -2.19. The maximum atomic E-state index is 14.9. The van der Waals surface area contributed by atoms with Crippen molar-refractivity contribution >= 4 is 28.3 Å². The first-order valence-corrected chi connectivity index (χ1v) is 18.5. The molecule has 0 bridgehead atoms. The van der Waals surface area contributed by atoms with Crippen molar-refractivity contribution in [3.8, 4) is 5.75 Å². The number of carbonyl (C=O) groups is 2. The van der Waals surface area contributed by atoms with Gasteiger partial charge in [-0.25, -0.2) is 13.9 Å². The number of H-pyrrole nitrogens is 1. The first-order chi connectivity index (χ1) is 27.9. The summed E-state index contributed by atoms with van der Waals surface area (Å²) < 4.78 is 79.2. The zero-order chi connectivity index (χ0) is 41.2. The number of nitrogens with zero attached hydrogens (tertiary/aromatic N) is 3. The number of benzene rings is 4. The molecule has 0 saturated carbocycles. The summed E-state index contributed by atoms with van der Waals surface area (Å²) in [6.45, 7) is 2.86. The van der Waals surface area contributed by atoms with Crippen LogP contribution in [0.3, 0.4) is 0 Å². The van der Waals surface area contributed by atoms with E-state index >= 15 is 0 Å². The second-order valence-corrected chi connectivity index (χ2v) is 13.6. The molecule has 1 aliphatic heterocycles. The molecule has 0 spiro atoms. The highest BCUT2D eigenvalue weighted by Crippen LogP contribution is 2.32. The Balaban J connectivity index is 0.870. The van der Waals surface area contributed by atoms with E-state index in [0.717, 1.165) is 12.1 Å². The average molecular weight is 808 g/mol. The molecule has 0 radical (unpaired) electrons. The quantitative estimate of drug-likeness (QED) is 0.0634. The number of aromatic nitrogens is 2. The van der Waals surface area contributed by atoms with Crippen LogP contribution in [0.4, 0.5) is 27.6 Å². The second kappa shape index (κ2) is 19.0. The van der Waals surface area contributed by atoms with E-state index in [0.29, 0.717) is 85.0 Å². The standard InChI is InChI=1S/C41H42F5N7O5/c42-34-8-5-26(21-36-30-3-1-2-4-31(30)39(55)51-50-36)19-32(34)40(56)53-15-13-52(14-16-53)38(54)24-49-12-18-57-17-11-48-23-28-22-29(47)7-10-37(28)58-25-27-6-9-35(43)33(20-27)41(44,45)46/h1-10,19-20,22,48-49H,11-18,21,23-25,47H2,(H,51,55). The van der Waals surface area contributed by atoms with Crippen molar-refractivity contribution in [2.75, 3.05) is 64.8 Å². The van der Waals surface area contributed by atoms with E-state index in [9.17, 15) is 36.3 Å². The molecule has 0 atom stereocenters. The summed E-state index contributed by atoms with van der Waals surface area (Å²) in [7, 11) is 0. The number of carbonyl (C=O) groups excluding carboxylic acids is 2. The zero-order valence-electron chi connectivity index (χ0n) is 31.3. The number of amides is 2. The minimum atomic E-state index is -4.82. The lowest BCUT2D eigenvalue weighted by atomic mass is 10.0. The van der Waals surface area contributed by atoms with Crippen molar-refractivity contribution in [1.29, 1.82) is 0 Å². The topological polar surface area (TPSA) is 155 Å². The minimum Gasteiger partial charge on any atom is -0.489 e. The molecule has 0 aliphatic carbocycles. The van der Waals surface area contributed by atoms with Gasteiger partial charge in [-0.15, -0.1) is 0 Å². The van der Waals surface area contributed by atoms with Crippen molar-refractivity contribution in [3.05, 3.63) is 134 Å². The lowest BCUT2D eigenvalue weighted by Crippen LogP contribution is -2.52. The fraction of sp³-hybridized carbons (Fsp3) is 0.317. The number of hydrogen-bond donors (Lipinski definition) is 4. The van der Waals surface area contributed by atoms with Gasteiger partial charge in [-0.3, -0.25) is 14.4 Å². The van der Waals surface area contributed by atoms with Gasteiger partial charge < -0.3 is 35.6 Å². The molecule has 1 fully saturated rings. The molecule has 58 heavy (non-hydrogen) atoms. The minimum absolute atomic E-state index is 0.0708. The Morgan fingerprint density at radius 3 is 2.28 bits per heavy atom. The second-order valence-electron chi connectivity index (χ2n) is 13.6. The van der Waals surface area contributed by atoms with Crippen LogP contribution in [0.15, 0.2) is 83.7 Å². The summed E-state index contributed by atoms with van der Waals surface area (Å²) in [6.07, 6.45) is -4.54. The van der Waals surface area contributed by atoms with Crippen LogP contribution in [0.5, 0.6) is 5.75 Å². The molecular weight excluding hydrogens is 765 g/mol. The fourth-order valence-electron chi connectivity index (χ4n) is 6.51. The Kier molecular flexibility index (Phi) is 13.7. The van der Waals surface area contributed by atoms with Crippen LogP contribution >= 0.6 is 0 Å². The van der Waals surface area contributed by atoms with Crippen molar-refractivity contribution in [2.24, 2.45) is 0 Å². The van der Waals surface area contributed by atoms with E-state index in [4.69, 9.17) is 15.2 Å². The normalized spacial score (nSPS) is 13.3. The molecule has 0 unspecified atom stereocenters. The first kappa shape index (κ1) is 41.7. The Hall–Kier alpha value is -5.91. The van der Waals surface area contributed by atoms with E-state index in [-0.39, 0.29) is 55.3 Å². The molecule has 5 aromatic rings. The molecule has 2 amide bonds. The van der Waals surface area contributed by atoms with Crippen LogP contribution in [0.25, 0.3) is 10.8 Å². The third-order valence-corrected chi connectivity index (χ3v) is 9.58. The number of rotatable bonds is 16. The molecule has 1 aromatic heterocycles. The molecular formula is C41H42F5N7O5. The summed E-state index contributed by atoms with van der Waals surface area (Å²) in [6, 6.07) is 19.0. The van der Waals surface area contributed by atoms with Crippen LogP contribution in [-0.4, -0.2) is 90.8 Å². The number of nitrogens with one attached hydrogen (secondary N) is 3. The molecule has 12 nitrogen and oxygen atoms in total. The van der Waals surface area contributed by atoms with Gasteiger partial charge in [-0.1, -0.05) is 30.3 Å². The SMILES string of the molecule is Nc1ccc(OCc2ccc(F)c(C(F)(F)F)c2)c(CNCCOCCNCC(=O)N2CCN(C(=O)c3cc(Cc4n[nH]c(=O)c5ccccc45)ccc3F)CC2)c1. The fourth-order valence-corrected chi connectivity index (χ4v) is 6.51. The molecule has 1 saturated heterocycles. The maximum absolute atomic E-state index is 14.9. The van der Waals surface area contributed by atoms with Crippen molar-refractivity contribution in [1.82, 2.24) is 30.6 Å². The molecule has 4 aromatic carbocycles. The number of ether oxygens (including phenoxy) is 2. The molecule has 6 rings (SSSR count). The maximum Gasteiger partial charge on any atom is 0.419 e. The van der Waals surface area contributed by atoms with Gasteiger partial charge in [-0.05, 0) is 59.7 Å². The highest BCUT2D eigenvalue weighted by Gasteiger charge is 2.34. The smallest absolute Gasteiger partial charge is 0.419 e. The number of nitrogens with two attached hydrogens (primary N) is 1. The van der Waals surface area contributed by atoms with Crippen LogP contribution in [0, 0.1) is 11.6 Å². The number of alkyl halides is 3. The lowest BCUT2D eigenvalue weighted by Gasteiger charge is -2.35. The number of anilines is 1. The van der Waals surface area contributed by atoms with Gasteiger partial charge in [0.25, 0.3) is 11.5 Å². The first-order valence-electron chi connectivity index (χ1n) is 18.5. The number of halogens is 5. The molecule has 17 heteroatoms. The summed E-state index contributed by atoms with van der Waals surface area (Å²) in [5, 5.41) is 14.1. The number of hydrogen-bond acceptors (Lipinski definition) is 9. The van der Waals surface area contributed by atoms with Crippen LogP contribution in [-0.2, 0) is 35.3 Å². The number of piperazine rings is 1. The highest BCUT2D eigenvalue weighted by molar-refractivity contribution is 5.95. The lowest BCUT2D eigenvalue weighted by molar-refractivity contribution is -0.140. The van der Waals surface area contributed by atoms with Crippen molar-refractivity contribution in [2.45, 2.75) is 25.7 Å². The monoisotopic (exact) mass is 807 g/mol. The largest absolute Gasteiger partial charge is 0.489 e.